The van der Waals surface area contributed by atoms with Crippen molar-refractivity contribution in [3.63, 3.8) is 0 Å². The first-order valence-electron chi connectivity index (χ1n) is 11.5. The van der Waals surface area contributed by atoms with Gasteiger partial charge in [-0.1, -0.05) is 12.1 Å². The number of aldehydes is 1. The van der Waals surface area contributed by atoms with E-state index in [9.17, 15) is 14.7 Å². The Morgan fingerprint density at radius 2 is 1.83 bits per heavy atom. The Morgan fingerprint density at radius 1 is 1.11 bits per heavy atom. The van der Waals surface area contributed by atoms with Gasteiger partial charge in [0, 0.05) is 12.8 Å². The van der Waals surface area contributed by atoms with Gasteiger partial charge in [0.1, 0.15) is 11.5 Å². The lowest BCUT2D eigenvalue weighted by Crippen LogP contribution is -2.29. The zero-order valence-electron chi connectivity index (χ0n) is 20.5. The summed E-state index contributed by atoms with van der Waals surface area (Å²) in [6, 6.07) is 12.3. The summed E-state index contributed by atoms with van der Waals surface area (Å²) in [5.74, 6) is 0.0953. The number of aliphatic hydroxyl groups excluding tert-OH is 1. The fourth-order valence-corrected chi connectivity index (χ4v) is 4.00. The average molecular weight is 491 g/mol. The van der Waals surface area contributed by atoms with Crippen LogP contribution in [0.4, 0.5) is 11.4 Å². The maximum atomic E-state index is 12.9. The van der Waals surface area contributed by atoms with E-state index in [1.54, 1.807) is 31.2 Å². The molecule has 0 radical (unpaired) electrons. The van der Waals surface area contributed by atoms with E-state index in [4.69, 9.17) is 14.9 Å². The number of aromatic hydroxyl groups is 1. The van der Waals surface area contributed by atoms with E-state index < -0.39 is 5.91 Å². The van der Waals surface area contributed by atoms with Crippen LogP contribution in [0.5, 0.6) is 5.75 Å². The summed E-state index contributed by atoms with van der Waals surface area (Å²) >= 11 is 0. The lowest BCUT2D eigenvalue weighted by Gasteiger charge is -2.17. The highest BCUT2D eigenvalue weighted by Crippen LogP contribution is 2.37. The predicted molar refractivity (Wildman–Crippen MR) is 140 cm³/mol. The third-order valence-electron chi connectivity index (χ3n) is 5.85. The van der Waals surface area contributed by atoms with Crippen LogP contribution in [-0.4, -0.2) is 40.9 Å². The molecule has 3 aromatic rings. The summed E-state index contributed by atoms with van der Waals surface area (Å²) in [6.45, 7) is 3.13. The van der Waals surface area contributed by atoms with Crippen LogP contribution < -0.4 is 10.7 Å². The minimum Gasteiger partial charge on any atom is -0.505 e. The highest BCUT2D eigenvalue weighted by molar-refractivity contribution is 6.67. The molecule has 36 heavy (non-hydrogen) atoms. The summed E-state index contributed by atoms with van der Waals surface area (Å²) < 4.78 is 5.58. The van der Waals surface area contributed by atoms with Crippen LogP contribution >= 0.6 is 0 Å². The van der Waals surface area contributed by atoms with Gasteiger partial charge < -0.3 is 25.4 Å². The molecule has 1 aliphatic carbocycles. The summed E-state index contributed by atoms with van der Waals surface area (Å²) in [5.41, 5.74) is 6.72. The summed E-state index contributed by atoms with van der Waals surface area (Å²) in [4.78, 5) is 24.0. The van der Waals surface area contributed by atoms with Crippen molar-refractivity contribution in [2.45, 2.75) is 39.5 Å². The molecular weight excluding hydrogens is 460 g/mol. The first kappa shape index (κ1) is 26.4. The minimum absolute atomic E-state index is 0.0316. The number of hydrogen-bond donors (Lipinski definition) is 5. The highest BCUT2D eigenvalue weighted by Gasteiger charge is 2.18. The van der Waals surface area contributed by atoms with E-state index in [0.29, 0.717) is 34.6 Å². The van der Waals surface area contributed by atoms with E-state index in [2.05, 4.69) is 15.8 Å². The molecule has 1 aliphatic rings. The van der Waals surface area contributed by atoms with Crippen LogP contribution in [0.2, 0.25) is 0 Å². The number of carbonyl (C=O) groups excluding carboxylic acids is 2. The monoisotopic (exact) mass is 490 g/mol. The molecule has 0 saturated heterocycles. The summed E-state index contributed by atoms with van der Waals surface area (Å²) in [5, 5.41) is 32.6. The van der Waals surface area contributed by atoms with E-state index in [1.807, 2.05) is 18.2 Å². The molecule has 9 heteroatoms. The van der Waals surface area contributed by atoms with Crippen molar-refractivity contribution in [3.05, 3.63) is 64.9 Å². The standard InChI is InChI=1S/C26H26N4O4.CH4O/c1-15(27)24(26(33)28-20-11-10-17-6-3-4-7-18(17)12-20)30-29-22-9-5-8-21(25(22)32)23-13-19(14-31)16(2)34-23;1-2/h5,8-14,27,29,32H,3-4,6-7H2,1-2H3,(H,28,33);2H,1H3/b27-15?,30-24-;. The number of anilines is 2. The van der Waals surface area contributed by atoms with E-state index in [1.165, 1.54) is 24.5 Å². The van der Waals surface area contributed by atoms with Gasteiger partial charge in [-0.15, -0.1) is 0 Å². The van der Waals surface area contributed by atoms with Crippen molar-refractivity contribution < 1.29 is 24.2 Å². The molecule has 188 valence electrons. The Morgan fingerprint density at radius 3 is 2.50 bits per heavy atom. The van der Waals surface area contributed by atoms with Crippen LogP contribution in [-0.2, 0) is 17.6 Å². The van der Waals surface area contributed by atoms with Gasteiger partial charge in [-0.05, 0) is 81.0 Å². The van der Waals surface area contributed by atoms with Crippen molar-refractivity contribution in [2.75, 3.05) is 17.9 Å². The van der Waals surface area contributed by atoms with Crippen LogP contribution in [0.15, 0.2) is 52.0 Å². The van der Waals surface area contributed by atoms with Crippen molar-refractivity contribution in [2.24, 2.45) is 5.10 Å². The number of nitrogens with zero attached hydrogens (tertiary/aromatic N) is 1. The number of fused-ring (bicyclic) bond motifs is 1. The average Bonchev–Trinajstić information content (AvgIpc) is 3.26. The van der Waals surface area contributed by atoms with Gasteiger partial charge in [0.25, 0.3) is 5.91 Å². The molecule has 2 aromatic carbocycles. The lowest BCUT2D eigenvalue weighted by atomic mass is 9.91. The van der Waals surface area contributed by atoms with Gasteiger partial charge in [0.2, 0.25) is 0 Å². The topological polar surface area (TPSA) is 148 Å². The molecule has 4 rings (SSSR count). The molecular formula is C27H30N4O5. The molecule has 0 aliphatic heterocycles. The molecule has 1 amide bonds. The number of phenolic OH excluding ortho intramolecular Hbond substituents is 1. The lowest BCUT2D eigenvalue weighted by molar-refractivity contribution is -0.110. The molecule has 0 bridgehead atoms. The second-order valence-corrected chi connectivity index (χ2v) is 8.28. The largest absolute Gasteiger partial charge is 0.505 e. The molecule has 1 aromatic heterocycles. The number of benzene rings is 2. The SMILES string of the molecule is CC(=N)/C(=N/Nc1cccc(-c2cc(C=O)c(C)o2)c1O)C(=O)Nc1ccc2c(c1)CCCC2.CO. The molecule has 0 fully saturated rings. The maximum absolute atomic E-state index is 12.9. The molecule has 1 heterocycles. The summed E-state index contributed by atoms with van der Waals surface area (Å²) in [7, 11) is 1.00. The van der Waals surface area contributed by atoms with Crippen molar-refractivity contribution in [3.8, 4) is 17.1 Å². The second kappa shape index (κ2) is 11.9. The molecule has 5 N–H and O–H groups in total. The van der Waals surface area contributed by atoms with Crippen LogP contribution in [0.3, 0.4) is 0 Å². The Balaban J connectivity index is 0.00000176. The van der Waals surface area contributed by atoms with Crippen molar-refractivity contribution >= 4 is 35.0 Å². The Hall–Kier alpha value is -4.24. The third kappa shape index (κ3) is 5.87. The highest BCUT2D eigenvalue weighted by atomic mass is 16.3. The minimum atomic E-state index is -0.524. The fourth-order valence-electron chi connectivity index (χ4n) is 4.00. The zero-order valence-corrected chi connectivity index (χ0v) is 20.5. The molecule has 0 saturated carbocycles. The molecule has 0 spiro atoms. The second-order valence-electron chi connectivity index (χ2n) is 8.28. The normalized spacial score (nSPS) is 12.6. The van der Waals surface area contributed by atoms with Crippen molar-refractivity contribution in [1.82, 2.24) is 0 Å². The molecule has 9 nitrogen and oxygen atoms in total. The Labute approximate surface area is 209 Å². The van der Waals surface area contributed by atoms with Gasteiger partial charge in [0.15, 0.2) is 17.7 Å². The smallest absolute Gasteiger partial charge is 0.277 e. The van der Waals surface area contributed by atoms with E-state index in [-0.39, 0.29) is 22.9 Å². The Bertz CT molecular complexity index is 1310. The number of phenols is 1. The number of rotatable bonds is 7. The fraction of sp³-hybridized carbons (Fsp3) is 0.259. The third-order valence-corrected chi connectivity index (χ3v) is 5.85. The number of hydrogen-bond acceptors (Lipinski definition) is 8. The number of furan rings is 1. The predicted octanol–water partition coefficient (Wildman–Crippen LogP) is 4.71. The van der Waals surface area contributed by atoms with E-state index in [0.717, 1.165) is 26.4 Å². The van der Waals surface area contributed by atoms with Gasteiger partial charge in [-0.3, -0.25) is 15.0 Å². The molecule has 0 atom stereocenters. The maximum Gasteiger partial charge on any atom is 0.277 e. The number of hydrazone groups is 1. The van der Waals surface area contributed by atoms with Crippen LogP contribution in [0.25, 0.3) is 11.3 Å². The number of amides is 1. The quantitative estimate of drug-likeness (QED) is 0.140. The number of aryl methyl sites for hydroxylation is 3. The number of carbonyl (C=O) groups is 2. The van der Waals surface area contributed by atoms with Crippen LogP contribution in [0, 0.1) is 12.3 Å². The van der Waals surface area contributed by atoms with E-state index >= 15 is 0 Å². The number of nitrogens with one attached hydrogen (secondary N) is 3. The number of para-hydroxylation sites is 1. The van der Waals surface area contributed by atoms with Crippen molar-refractivity contribution in [1.29, 1.82) is 5.41 Å². The van der Waals surface area contributed by atoms with Gasteiger partial charge in [-0.2, -0.15) is 5.10 Å². The Kier molecular flexibility index (Phi) is 8.75. The van der Waals surface area contributed by atoms with Gasteiger partial charge >= 0.3 is 0 Å². The number of aliphatic hydroxyl groups is 1. The van der Waals surface area contributed by atoms with Crippen LogP contribution in [0.1, 0.15) is 47.0 Å². The van der Waals surface area contributed by atoms with Gasteiger partial charge in [0.05, 0.1) is 22.5 Å². The molecule has 0 unspecified atom stereocenters. The van der Waals surface area contributed by atoms with Gasteiger partial charge in [-0.25, -0.2) is 0 Å². The summed E-state index contributed by atoms with van der Waals surface area (Å²) in [6.07, 6.45) is 5.05. The first-order chi connectivity index (χ1) is 17.4. The first-order valence-corrected chi connectivity index (χ1v) is 11.5. The zero-order chi connectivity index (χ0) is 26.2.